The van der Waals surface area contributed by atoms with Gasteiger partial charge < -0.3 is 10.1 Å². The molecule has 0 saturated carbocycles. The number of benzene rings is 1. The zero-order valence-corrected chi connectivity index (χ0v) is 15.2. The topological polar surface area (TPSA) is 61.9 Å². The van der Waals surface area contributed by atoms with Crippen molar-refractivity contribution in [1.29, 1.82) is 0 Å². The second-order valence-electron chi connectivity index (χ2n) is 5.89. The highest BCUT2D eigenvalue weighted by atomic mass is 35.5. The maximum absolute atomic E-state index is 13.5. The van der Waals surface area contributed by atoms with E-state index in [2.05, 4.69) is 10.2 Å². The van der Waals surface area contributed by atoms with Gasteiger partial charge in [0.2, 0.25) is 10.0 Å². The van der Waals surface area contributed by atoms with Gasteiger partial charge in [-0.1, -0.05) is 0 Å². The first-order valence-corrected chi connectivity index (χ1v) is 9.25. The molecule has 0 bridgehead atoms. The molecule has 24 heavy (non-hydrogen) atoms. The second kappa shape index (κ2) is 7.97. The molecule has 0 aliphatic carbocycles. The summed E-state index contributed by atoms with van der Waals surface area (Å²) in [5.74, 6) is -0.615. The molecule has 1 N–H and O–H groups in total. The van der Waals surface area contributed by atoms with Crippen molar-refractivity contribution in [1.82, 2.24) is 14.5 Å². The van der Waals surface area contributed by atoms with Crippen LogP contribution in [-0.2, 0) is 10.0 Å². The minimum atomic E-state index is -3.62. The van der Waals surface area contributed by atoms with E-state index in [-0.39, 0.29) is 29.1 Å². The van der Waals surface area contributed by atoms with E-state index in [1.807, 2.05) is 0 Å². The van der Waals surface area contributed by atoms with E-state index in [1.54, 1.807) is 0 Å². The predicted molar refractivity (Wildman–Crippen MR) is 91.8 cm³/mol. The van der Waals surface area contributed by atoms with E-state index in [0.717, 1.165) is 38.7 Å². The number of halogens is 2. The molecule has 1 atom stereocenters. The third-order valence-corrected chi connectivity index (χ3v) is 6.42. The van der Waals surface area contributed by atoms with E-state index >= 15 is 0 Å². The summed E-state index contributed by atoms with van der Waals surface area (Å²) in [5.41, 5.74) is 0. The molecule has 0 amide bonds. The van der Waals surface area contributed by atoms with Gasteiger partial charge in [-0.25, -0.2) is 12.8 Å². The predicted octanol–water partition coefficient (Wildman–Crippen LogP) is 0.924. The van der Waals surface area contributed by atoms with Crippen LogP contribution in [0.2, 0.25) is 0 Å². The zero-order valence-electron chi connectivity index (χ0n) is 13.6. The van der Waals surface area contributed by atoms with Crippen molar-refractivity contribution >= 4 is 22.4 Å². The lowest BCUT2D eigenvalue weighted by atomic mass is 10.2. The fraction of sp³-hybridized carbons (Fsp3) is 0.600. The Labute approximate surface area is 148 Å². The molecule has 1 aromatic rings. The minimum Gasteiger partial charge on any atom is -0.494 e. The third kappa shape index (κ3) is 3.83. The fourth-order valence-corrected chi connectivity index (χ4v) is 4.73. The standard InChI is InChI=1S/C15H22FN3O3S.ClH/c1-22-15-10-13(2-3-14(15)16)23(20,21)19-7-4-12(11-19)18-8-5-17-6-9-18;/h2-3,10,12,17H,4-9,11H2,1H3;1H. The molecule has 6 nitrogen and oxygen atoms in total. The molecule has 2 aliphatic heterocycles. The Bertz CT molecular complexity index is 668. The van der Waals surface area contributed by atoms with Crippen LogP contribution >= 0.6 is 12.4 Å². The van der Waals surface area contributed by atoms with E-state index in [0.29, 0.717) is 13.1 Å². The van der Waals surface area contributed by atoms with Crippen LogP contribution < -0.4 is 10.1 Å². The van der Waals surface area contributed by atoms with Gasteiger partial charge in [-0.3, -0.25) is 4.90 Å². The summed E-state index contributed by atoms with van der Waals surface area (Å²) in [7, 11) is -2.29. The largest absolute Gasteiger partial charge is 0.494 e. The Hall–Kier alpha value is -0.930. The van der Waals surface area contributed by atoms with Gasteiger partial charge in [0.05, 0.1) is 12.0 Å². The summed E-state index contributed by atoms with van der Waals surface area (Å²) in [5, 5.41) is 3.30. The van der Waals surface area contributed by atoms with Gasteiger partial charge >= 0.3 is 0 Å². The molecule has 9 heteroatoms. The first kappa shape index (κ1) is 19.4. The van der Waals surface area contributed by atoms with Gasteiger partial charge in [-0.2, -0.15) is 4.31 Å². The van der Waals surface area contributed by atoms with Gasteiger partial charge in [-0.05, 0) is 18.6 Å². The molecular weight excluding hydrogens is 357 g/mol. The van der Waals surface area contributed by atoms with Crippen LogP contribution in [0.1, 0.15) is 6.42 Å². The summed E-state index contributed by atoms with van der Waals surface area (Å²) in [6.07, 6.45) is 0.831. The summed E-state index contributed by atoms with van der Waals surface area (Å²) in [6.45, 7) is 4.77. The molecule has 3 rings (SSSR count). The molecule has 2 saturated heterocycles. The van der Waals surface area contributed by atoms with Crippen molar-refractivity contribution in [3.63, 3.8) is 0 Å². The minimum absolute atomic E-state index is 0. The smallest absolute Gasteiger partial charge is 0.243 e. The highest BCUT2D eigenvalue weighted by molar-refractivity contribution is 7.89. The lowest BCUT2D eigenvalue weighted by molar-refractivity contribution is 0.179. The quantitative estimate of drug-likeness (QED) is 0.843. The second-order valence-corrected chi connectivity index (χ2v) is 7.83. The first-order chi connectivity index (χ1) is 11.0. The van der Waals surface area contributed by atoms with E-state index in [4.69, 9.17) is 4.74 Å². The lowest BCUT2D eigenvalue weighted by Crippen LogP contribution is -2.49. The summed E-state index contributed by atoms with van der Waals surface area (Å²) in [4.78, 5) is 2.42. The highest BCUT2D eigenvalue weighted by Crippen LogP contribution is 2.27. The summed E-state index contributed by atoms with van der Waals surface area (Å²) < 4.78 is 45.4. The lowest BCUT2D eigenvalue weighted by Gasteiger charge is -2.32. The third-order valence-electron chi connectivity index (χ3n) is 4.55. The molecule has 0 radical (unpaired) electrons. The maximum Gasteiger partial charge on any atom is 0.243 e. The molecular formula is C15H23ClFN3O3S. The van der Waals surface area contributed by atoms with Gasteiger partial charge in [0.15, 0.2) is 11.6 Å². The van der Waals surface area contributed by atoms with Gasteiger partial charge in [0, 0.05) is 51.4 Å². The van der Waals surface area contributed by atoms with E-state index in [1.165, 1.54) is 23.5 Å². The maximum atomic E-state index is 13.5. The molecule has 1 aromatic carbocycles. The Morgan fingerprint density at radius 1 is 1.25 bits per heavy atom. The number of hydrogen-bond acceptors (Lipinski definition) is 5. The number of hydrogen-bond donors (Lipinski definition) is 1. The van der Waals surface area contributed by atoms with Crippen LogP contribution in [0, 0.1) is 5.82 Å². The van der Waals surface area contributed by atoms with Gasteiger partial charge in [0.25, 0.3) is 0 Å². The molecule has 1 unspecified atom stereocenters. The first-order valence-electron chi connectivity index (χ1n) is 7.81. The molecule has 136 valence electrons. The normalized spacial score (nSPS) is 23.0. The van der Waals surface area contributed by atoms with Gasteiger partial charge in [0.1, 0.15) is 0 Å². The average molecular weight is 380 g/mol. The SMILES string of the molecule is COc1cc(S(=O)(=O)N2CCC(N3CCNCC3)C2)ccc1F.Cl. The number of rotatable bonds is 4. The van der Waals surface area contributed by atoms with Crippen LogP contribution in [0.5, 0.6) is 5.75 Å². The zero-order chi connectivity index (χ0) is 16.4. The molecule has 0 spiro atoms. The number of methoxy groups -OCH3 is 1. The van der Waals surface area contributed by atoms with Crippen molar-refractivity contribution in [3.8, 4) is 5.75 Å². The van der Waals surface area contributed by atoms with Crippen LogP contribution in [0.15, 0.2) is 23.1 Å². The Balaban J connectivity index is 0.00000208. The van der Waals surface area contributed by atoms with Crippen molar-refractivity contribution in [2.24, 2.45) is 0 Å². The Morgan fingerprint density at radius 3 is 2.62 bits per heavy atom. The Kier molecular flexibility index (Phi) is 6.44. The fourth-order valence-electron chi connectivity index (χ4n) is 3.22. The van der Waals surface area contributed by atoms with E-state index in [9.17, 15) is 12.8 Å². The van der Waals surface area contributed by atoms with Crippen LogP contribution in [0.4, 0.5) is 4.39 Å². The van der Waals surface area contributed by atoms with Crippen molar-refractivity contribution in [2.75, 3.05) is 46.4 Å². The number of ether oxygens (including phenoxy) is 1. The molecule has 0 aromatic heterocycles. The molecule has 2 fully saturated rings. The van der Waals surface area contributed by atoms with Crippen molar-refractivity contribution in [3.05, 3.63) is 24.0 Å². The highest BCUT2D eigenvalue weighted by Gasteiger charge is 2.35. The van der Waals surface area contributed by atoms with Crippen LogP contribution in [-0.4, -0.2) is 70.0 Å². The van der Waals surface area contributed by atoms with E-state index < -0.39 is 15.8 Å². The average Bonchev–Trinajstić information content (AvgIpc) is 3.07. The van der Waals surface area contributed by atoms with Gasteiger partial charge in [-0.15, -0.1) is 12.4 Å². The summed E-state index contributed by atoms with van der Waals surface area (Å²) in [6, 6.07) is 3.94. The summed E-state index contributed by atoms with van der Waals surface area (Å²) >= 11 is 0. The molecule has 2 aliphatic rings. The number of nitrogens with zero attached hydrogens (tertiary/aromatic N) is 2. The van der Waals surface area contributed by atoms with Crippen molar-refractivity contribution < 1.29 is 17.5 Å². The van der Waals surface area contributed by atoms with Crippen LogP contribution in [0.25, 0.3) is 0 Å². The van der Waals surface area contributed by atoms with Crippen molar-refractivity contribution in [2.45, 2.75) is 17.4 Å². The molecule has 2 heterocycles. The number of sulfonamides is 1. The number of piperazine rings is 1. The monoisotopic (exact) mass is 379 g/mol. The Morgan fingerprint density at radius 2 is 1.96 bits per heavy atom. The number of nitrogens with one attached hydrogen (secondary N) is 1. The van der Waals surface area contributed by atoms with Crippen LogP contribution in [0.3, 0.4) is 0 Å².